The van der Waals surface area contributed by atoms with Crippen LogP contribution in [-0.2, 0) is 16.0 Å². The predicted molar refractivity (Wildman–Crippen MR) is 122 cm³/mol. The predicted octanol–water partition coefficient (Wildman–Crippen LogP) is 3.73. The van der Waals surface area contributed by atoms with Gasteiger partial charge in [0.1, 0.15) is 5.69 Å². The van der Waals surface area contributed by atoms with Gasteiger partial charge in [0.2, 0.25) is 0 Å². The SMILES string of the molecule is COCCOCCn1cc(N2CC=CC=C2c2cncc(C)c2)c(-c2ccccn2)n1. The monoisotopic (exact) mass is 417 g/mol. The molecule has 0 saturated heterocycles. The van der Waals surface area contributed by atoms with E-state index in [0.717, 1.165) is 40.4 Å². The number of pyridine rings is 2. The number of allylic oxidation sites excluding steroid dienone is 2. The second kappa shape index (κ2) is 10.1. The van der Waals surface area contributed by atoms with Crippen molar-refractivity contribution in [3.8, 4) is 11.4 Å². The first kappa shape index (κ1) is 21.0. The van der Waals surface area contributed by atoms with E-state index in [1.165, 1.54) is 0 Å². The van der Waals surface area contributed by atoms with E-state index in [1.54, 1.807) is 13.3 Å². The maximum absolute atomic E-state index is 5.64. The summed E-state index contributed by atoms with van der Waals surface area (Å²) in [5.74, 6) is 0. The van der Waals surface area contributed by atoms with E-state index in [2.05, 4.69) is 52.3 Å². The van der Waals surface area contributed by atoms with Crippen molar-refractivity contribution in [2.75, 3.05) is 38.4 Å². The van der Waals surface area contributed by atoms with Crippen LogP contribution in [0.15, 0.2) is 67.3 Å². The van der Waals surface area contributed by atoms with Crippen LogP contribution < -0.4 is 4.90 Å². The van der Waals surface area contributed by atoms with Crippen LogP contribution >= 0.6 is 0 Å². The number of aromatic nitrogens is 4. The Morgan fingerprint density at radius 1 is 1.13 bits per heavy atom. The molecule has 0 unspecified atom stereocenters. The Bertz CT molecular complexity index is 1060. The van der Waals surface area contributed by atoms with Crippen LogP contribution in [0.1, 0.15) is 11.1 Å². The summed E-state index contributed by atoms with van der Waals surface area (Å²) < 4.78 is 12.6. The summed E-state index contributed by atoms with van der Waals surface area (Å²) in [6.07, 6.45) is 14.0. The molecule has 160 valence electrons. The van der Waals surface area contributed by atoms with Crippen molar-refractivity contribution in [3.63, 3.8) is 0 Å². The van der Waals surface area contributed by atoms with Gasteiger partial charge in [-0.15, -0.1) is 0 Å². The number of nitrogens with zero attached hydrogens (tertiary/aromatic N) is 5. The molecule has 7 nitrogen and oxygen atoms in total. The Hall–Kier alpha value is -3.29. The maximum atomic E-state index is 5.64. The molecule has 1 aliphatic rings. The summed E-state index contributed by atoms with van der Waals surface area (Å²) in [4.78, 5) is 11.2. The number of hydrogen-bond donors (Lipinski definition) is 0. The molecule has 3 aromatic rings. The third-order valence-corrected chi connectivity index (χ3v) is 4.98. The summed E-state index contributed by atoms with van der Waals surface area (Å²) in [6, 6.07) is 8.04. The van der Waals surface area contributed by atoms with Crippen molar-refractivity contribution in [1.29, 1.82) is 0 Å². The van der Waals surface area contributed by atoms with E-state index in [1.807, 2.05) is 35.3 Å². The molecule has 4 heterocycles. The first-order chi connectivity index (χ1) is 15.3. The van der Waals surface area contributed by atoms with E-state index in [4.69, 9.17) is 14.6 Å². The molecule has 0 atom stereocenters. The largest absolute Gasteiger partial charge is 0.382 e. The van der Waals surface area contributed by atoms with Crippen LogP contribution in [0.3, 0.4) is 0 Å². The van der Waals surface area contributed by atoms with Gasteiger partial charge in [-0.25, -0.2) is 0 Å². The maximum Gasteiger partial charge on any atom is 0.134 e. The van der Waals surface area contributed by atoms with Gasteiger partial charge in [-0.1, -0.05) is 18.2 Å². The number of anilines is 1. The third kappa shape index (κ3) is 5.07. The minimum atomic E-state index is 0.566. The highest BCUT2D eigenvalue weighted by Crippen LogP contribution is 2.35. The van der Waals surface area contributed by atoms with Gasteiger partial charge in [0.05, 0.1) is 43.4 Å². The third-order valence-electron chi connectivity index (χ3n) is 4.98. The Labute approximate surface area is 182 Å². The highest BCUT2D eigenvalue weighted by atomic mass is 16.5. The summed E-state index contributed by atoms with van der Waals surface area (Å²) >= 11 is 0. The smallest absolute Gasteiger partial charge is 0.134 e. The fraction of sp³-hybridized carbons (Fsp3) is 0.292. The average molecular weight is 418 g/mol. The van der Waals surface area contributed by atoms with E-state index >= 15 is 0 Å². The molecule has 7 heteroatoms. The lowest BCUT2D eigenvalue weighted by atomic mass is 10.1. The van der Waals surface area contributed by atoms with Gasteiger partial charge in [0.15, 0.2) is 0 Å². The summed E-state index contributed by atoms with van der Waals surface area (Å²) in [7, 11) is 1.67. The normalized spacial score (nSPS) is 13.5. The molecule has 0 radical (unpaired) electrons. The van der Waals surface area contributed by atoms with Crippen molar-refractivity contribution >= 4 is 11.4 Å². The van der Waals surface area contributed by atoms with Gasteiger partial charge in [-0.2, -0.15) is 5.10 Å². The standard InChI is InChI=1S/C24H27N5O2/c1-19-15-20(17-25-16-19)22-8-4-6-10-29(22)23-18-28(11-12-31-14-13-30-2)27-24(23)21-7-3-5-9-26-21/h3-9,15-18H,10-14H2,1-2H3. The number of ether oxygens (including phenoxy) is 2. The van der Waals surface area contributed by atoms with Crippen LogP contribution in [0.25, 0.3) is 17.1 Å². The lowest BCUT2D eigenvalue weighted by molar-refractivity contribution is 0.0654. The Balaban J connectivity index is 1.67. The Morgan fingerprint density at radius 2 is 2.06 bits per heavy atom. The number of methoxy groups -OCH3 is 1. The molecule has 1 aliphatic heterocycles. The molecule has 0 fully saturated rings. The van der Waals surface area contributed by atoms with Crippen molar-refractivity contribution < 1.29 is 9.47 Å². The molecule has 0 spiro atoms. The zero-order valence-electron chi connectivity index (χ0n) is 17.9. The molecule has 0 aromatic carbocycles. The number of hydrogen-bond acceptors (Lipinski definition) is 6. The first-order valence-corrected chi connectivity index (χ1v) is 10.4. The molecule has 31 heavy (non-hydrogen) atoms. The first-order valence-electron chi connectivity index (χ1n) is 10.4. The zero-order valence-corrected chi connectivity index (χ0v) is 17.9. The number of rotatable bonds is 9. The lowest BCUT2D eigenvalue weighted by Crippen LogP contribution is -2.24. The minimum Gasteiger partial charge on any atom is -0.382 e. The second-order valence-electron chi connectivity index (χ2n) is 7.29. The van der Waals surface area contributed by atoms with Crippen LogP contribution in [0.2, 0.25) is 0 Å². The molecule has 0 amide bonds. The van der Waals surface area contributed by atoms with E-state index in [9.17, 15) is 0 Å². The Kier molecular flexibility index (Phi) is 6.86. The van der Waals surface area contributed by atoms with Crippen molar-refractivity contribution in [1.82, 2.24) is 19.7 Å². The molecule has 0 saturated carbocycles. The van der Waals surface area contributed by atoms with Gasteiger partial charge in [0.25, 0.3) is 0 Å². The fourth-order valence-corrected chi connectivity index (χ4v) is 3.50. The van der Waals surface area contributed by atoms with Gasteiger partial charge in [0, 0.05) is 44.0 Å². The summed E-state index contributed by atoms with van der Waals surface area (Å²) in [5.41, 5.74) is 5.99. The van der Waals surface area contributed by atoms with E-state index in [0.29, 0.717) is 26.4 Å². The van der Waals surface area contributed by atoms with Gasteiger partial charge in [-0.05, 0) is 36.8 Å². The van der Waals surface area contributed by atoms with Crippen molar-refractivity contribution in [3.05, 3.63) is 78.4 Å². The zero-order chi connectivity index (χ0) is 21.5. The van der Waals surface area contributed by atoms with Crippen LogP contribution in [0, 0.1) is 6.92 Å². The Morgan fingerprint density at radius 3 is 2.87 bits per heavy atom. The molecule has 3 aromatic heterocycles. The highest BCUT2D eigenvalue weighted by Gasteiger charge is 2.22. The molecular formula is C24H27N5O2. The van der Waals surface area contributed by atoms with Gasteiger partial charge >= 0.3 is 0 Å². The molecule has 0 aliphatic carbocycles. The molecular weight excluding hydrogens is 390 g/mol. The van der Waals surface area contributed by atoms with Gasteiger partial charge in [-0.3, -0.25) is 14.6 Å². The summed E-state index contributed by atoms with van der Waals surface area (Å²) in [5, 5.41) is 4.85. The van der Waals surface area contributed by atoms with Crippen molar-refractivity contribution in [2.24, 2.45) is 0 Å². The summed E-state index contributed by atoms with van der Waals surface area (Å²) in [6.45, 7) is 5.18. The van der Waals surface area contributed by atoms with E-state index < -0.39 is 0 Å². The molecule has 4 rings (SSSR count). The molecule has 0 N–H and O–H groups in total. The quantitative estimate of drug-likeness (QED) is 0.495. The van der Waals surface area contributed by atoms with Crippen LogP contribution in [-0.4, -0.2) is 53.2 Å². The van der Waals surface area contributed by atoms with Crippen LogP contribution in [0.4, 0.5) is 5.69 Å². The lowest BCUT2D eigenvalue weighted by Gasteiger charge is -2.28. The second-order valence-corrected chi connectivity index (χ2v) is 7.29. The average Bonchev–Trinajstić information content (AvgIpc) is 3.24. The fourth-order valence-electron chi connectivity index (χ4n) is 3.50. The molecule has 0 bridgehead atoms. The number of aryl methyl sites for hydroxylation is 1. The van der Waals surface area contributed by atoms with Crippen molar-refractivity contribution in [2.45, 2.75) is 13.5 Å². The highest BCUT2D eigenvalue weighted by molar-refractivity contribution is 5.87. The van der Waals surface area contributed by atoms with Gasteiger partial charge < -0.3 is 14.4 Å². The van der Waals surface area contributed by atoms with Crippen LogP contribution in [0.5, 0.6) is 0 Å². The van der Waals surface area contributed by atoms with E-state index in [-0.39, 0.29) is 0 Å². The topological polar surface area (TPSA) is 65.3 Å². The minimum absolute atomic E-state index is 0.566.